The molecule has 0 saturated heterocycles. The molecule has 7 heteroatoms. The summed E-state index contributed by atoms with van der Waals surface area (Å²) in [6.45, 7) is 1.74. The molecule has 0 fully saturated rings. The van der Waals surface area contributed by atoms with E-state index in [0.29, 0.717) is 28.6 Å². The van der Waals surface area contributed by atoms with E-state index >= 15 is 0 Å². The van der Waals surface area contributed by atoms with Crippen molar-refractivity contribution in [2.45, 2.75) is 13.5 Å². The molecule has 0 unspecified atom stereocenters. The highest BCUT2D eigenvalue weighted by Gasteiger charge is 2.15. The Morgan fingerprint density at radius 1 is 1.07 bits per heavy atom. The minimum Gasteiger partial charge on any atom is -0.489 e. The molecule has 0 bridgehead atoms. The van der Waals surface area contributed by atoms with Crippen LogP contribution in [0.2, 0.25) is 10.0 Å². The number of hydrogen-bond donors (Lipinski definition) is 1. The summed E-state index contributed by atoms with van der Waals surface area (Å²) in [4.78, 5) is 28.6. The van der Waals surface area contributed by atoms with Crippen LogP contribution in [-0.2, 0) is 6.61 Å². The van der Waals surface area contributed by atoms with E-state index < -0.39 is 5.91 Å². The molecule has 0 atom stereocenters. The zero-order valence-corrected chi connectivity index (χ0v) is 16.4. The summed E-state index contributed by atoms with van der Waals surface area (Å²) in [6, 6.07) is 13.2. The molecule has 0 aliphatic heterocycles. The van der Waals surface area contributed by atoms with E-state index in [0.717, 1.165) is 5.56 Å². The number of halogens is 2. The van der Waals surface area contributed by atoms with E-state index in [1.54, 1.807) is 36.7 Å². The van der Waals surface area contributed by atoms with Gasteiger partial charge in [-0.25, -0.2) is 0 Å². The second-order valence-corrected chi connectivity index (χ2v) is 6.84. The number of anilines is 1. The molecule has 0 radical (unpaired) electrons. The summed E-state index contributed by atoms with van der Waals surface area (Å²) in [7, 11) is 0. The van der Waals surface area contributed by atoms with Crippen molar-refractivity contribution < 1.29 is 14.3 Å². The molecule has 0 spiro atoms. The monoisotopic (exact) mass is 414 g/mol. The first kappa shape index (κ1) is 19.9. The minimum atomic E-state index is -0.437. The van der Waals surface area contributed by atoms with Gasteiger partial charge in [-0.2, -0.15) is 0 Å². The average Bonchev–Trinajstić information content (AvgIpc) is 2.67. The van der Waals surface area contributed by atoms with Gasteiger partial charge in [0, 0.05) is 28.5 Å². The summed E-state index contributed by atoms with van der Waals surface area (Å²) >= 11 is 11.9. The van der Waals surface area contributed by atoms with Gasteiger partial charge in [-0.05, 0) is 49.4 Å². The molecule has 2 aromatic carbocycles. The normalized spacial score (nSPS) is 10.4. The van der Waals surface area contributed by atoms with Crippen molar-refractivity contribution in [2.75, 3.05) is 5.32 Å². The lowest BCUT2D eigenvalue weighted by Crippen LogP contribution is -2.15. The van der Waals surface area contributed by atoms with Gasteiger partial charge in [0.1, 0.15) is 12.4 Å². The number of carbonyl (C=O) groups is 2. The van der Waals surface area contributed by atoms with Gasteiger partial charge in [0.25, 0.3) is 5.91 Å². The quantitative estimate of drug-likeness (QED) is 0.546. The Labute approximate surface area is 172 Å². The van der Waals surface area contributed by atoms with Crippen molar-refractivity contribution in [2.24, 2.45) is 0 Å². The topological polar surface area (TPSA) is 68.3 Å². The number of carbonyl (C=O) groups excluding carboxylic acids is 2. The van der Waals surface area contributed by atoms with E-state index in [4.69, 9.17) is 27.9 Å². The van der Waals surface area contributed by atoms with Crippen molar-refractivity contribution in [1.82, 2.24) is 4.98 Å². The molecule has 5 nitrogen and oxygen atoms in total. The molecular weight excluding hydrogens is 399 g/mol. The van der Waals surface area contributed by atoms with Crippen molar-refractivity contribution in [3.05, 3.63) is 87.7 Å². The fourth-order valence-electron chi connectivity index (χ4n) is 2.53. The molecule has 1 aromatic heterocycles. The van der Waals surface area contributed by atoms with Gasteiger partial charge in [0.05, 0.1) is 16.3 Å². The molecule has 1 amide bonds. The van der Waals surface area contributed by atoms with Crippen molar-refractivity contribution in [1.29, 1.82) is 0 Å². The van der Waals surface area contributed by atoms with Crippen LogP contribution in [0.4, 0.5) is 5.69 Å². The molecule has 0 aliphatic rings. The van der Waals surface area contributed by atoms with E-state index in [9.17, 15) is 9.59 Å². The molecule has 142 valence electrons. The van der Waals surface area contributed by atoms with Gasteiger partial charge in [-0.15, -0.1) is 0 Å². The number of Topliss-reactive ketones (excluding diaryl/α,β-unsaturated/α-hetero) is 1. The number of hydrogen-bond acceptors (Lipinski definition) is 4. The van der Waals surface area contributed by atoms with Gasteiger partial charge in [0.2, 0.25) is 0 Å². The third-order valence-corrected chi connectivity index (χ3v) is 4.47. The number of ether oxygens (including phenoxy) is 1. The summed E-state index contributed by atoms with van der Waals surface area (Å²) in [5, 5.41) is 3.38. The number of aromatic nitrogens is 1. The summed E-state index contributed by atoms with van der Waals surface area (Å²) < 4.78 is 5.72. The first-order chi connectivity index (χ1) is 13.4. The van der Waals surface area contributed by atoms with Crippen LogP contribution in [0.1, 0.15) is 33.2 Å². The Hall–Kier alpha value is -2.89. The highest BCUT2D eigenvalue weighted by Crippen LogP contribution is 2.26. The highest BCUT2D eigenvalue weighted by atomic mass is 35.5. The van der Waals surface area contributed by atoms with Gasteiger partial charge in [-0.3, -0.25) is 14.6 Å². The first-order valence-corrected chi connectivity index (χ1v) is 9.12. The Morgan fingerprint density at radius 2 is 1.89 bits per heavy atom. The lowest BCUT2D eigenvalue weighted by atomic mass is 10.1. The number of nitrogens with one attached hydrogen (secondary N) is 1. The smallest absolute Gasteiger partial charge is 0.257 e. The molecule has 0 aliphatic carbocycles. The van der Waals surface area contributed by atoms with E-state index in [1.807, 2.05) is 12.1 Å². The summed E-state index contributed by atoms with van der Waals surface area (Å²) in [5.41, 5.74) is 1.87. The number of pyridine rings is 1. The number of benzene rings is 2. The molecule has 0 saturated carbocycles. The second kappa shape index (κ2) is 8.87. The summed E-state index contributed by atoms with van der Waals surface area (Å²) in [5.74, 6) is -0.130. The van der Waals surface area contributed by atoms with Crippen LogP contribution in [0.3, 0.4) is 0 Å². The highest BCUT2D eigenvalue weighted by molar-refractivity contribution is 6.37. The molecule has 28 heavy (non-hydrogen) atoms. The average molecular weight is 415 g/mol. The van der Waals surface area contributed by atoms with E-state index in [2.05, 4.69) is 10.3 Å². The third-order valence-electron chi connectivity index (χ3n) is 3.92. The van der Waals surface area contributed by atoms with Crippen LogP contribution in [0.5, 0.6) is 5.75 Å². The zero-order chi connectivity index (χ0) is 20.1. The molecule has 3 aromatic rings. The van der Waals surface area contributed by atoms with Gasteiger partial charge >= 0.3 is 0 Å². The van der Waals surface area contributed by atoms with Gasteiger partial charge < -0.3 is 10.1 Å². The van der Waals surface area contributed by atoms with Crippen LogP contribution in [0, 0.1) is 0 Å². The maximum atomic E-state index is 12.5. The molecule has 1 N–H and O–H groups in total. The fourth-order valence-corrected chi connectivity index (χ4v) is 3.02. The molecule has 3 rings (SSSR count). The predicted octanol–water partition coefficient (Wildman–Crippen LogP) is 5.42. The van der Waals surface area contributed by atoms with Crippen LogP contribution < -0.4 is 10.1 Å². The van der Waals surface area contributed by atoms with Gasteiger partial charge in [-0.1, -0.05) is 29.3 Å². The number of nitrogens with zero attached hydrogens (tertiary/aromatic N) is 1. The van der Waals surface area contributed by atoms with Crippen LogP contribution in [0.25, 0.3) is 0 Å². The zero-order valence-electron chi connectivity index (χ0n) is 14.9. The minimum absolute atomic E-state index is 0.204. The molecule has 1 heterocycles. The summed E-state index contributed by atoms with van der Waals surface area (Å²) in [6.07, 6.45) is 3.39. The first-order valence-electron chi connectivity index (χ1n) is 8.37. The molecular formula is C21H16Cl2N2O3. The fraction of sp³-hybridized carbons (Fsp3) is 0.0952. The van der Waals surface area contributed by atoms with Crippen molar-refractivity contribution in [3.8, 4) is 5.75 Å². The lowest BCUT2D eigenvalue weighted by Gasteiger charge is -2.13. The van der Waals surface area contributed by atoms with Gasteiger partial charge in [0.15, 0.2) is 5.78 Å². The Bertz CT molecular complexity index is 1020. The number of amides is 1. The number of ketones is 1. The van der Waals surface area contributed by atoms with Crippen LogP contribution in [0.15, 0.2) is 60.9 Å². The van der Waals surface area contributed by atoms with Crippen LogP contribution in [-0.4, -0.2) is 16.7 Å². The maximum absolute atomic E-state index is 12.5. The predicted molar refractivity (Wildman–Crippen MR) is 109 cm³/mol. The Kier molecular flexibility index (Phi) is 6.29. The Balaban J connectivity index is 1.79. The standard InChI is InChI=1S/C21H16Cl2N2O3/c1-13(26)18-10-16(28-12-14-3-2-8-24-11-14)5-7-20(18)25-21(27)17-6-4-15(22)9-19(17)23/h2-11H,12H2,1H3,(H,25,27). The van der Waals surface area contributed by atoms with Crippen molar-refractivity contribution >= 4 is 40.6 Å². The second-order valence-electron chi connectivity index (χ2n) is 5.99. The Morgan fingerprint density at radius 3 is 2.57 bits per heavy atom. The third kappa shape index (κ3) is 4.88. The lowest BCUT2D eigenvalue weighted by molar-refractivity contribution is 0.101. The maximum Gasteiger partial charge on any atom is 0.257 e. The largest absolute Gasteiger partial charge is 0.489 e. The van der Waals surface area contributed by atoms with Crippen LogP contribution >= 0.6 is 23.2 Å². The number of rotatable bonds is 6. The van der Waals surface area contributed by atoms with E-state index in [1.165, 1.54) is 19.1 Å². The van der Waals surface area contributed by atoms with E-state index in [-0.39, 0.29) is 16.4 Å². The SMILES string of the molecule is CC(=O)c1cc(OCc2cccnc2)ccc1NC(=O)c1ccc(Cl)cc1Cl. The van der Waals surface area contributed by atoms with Crippen molar-refractivity contribution in [3.63, 3.8) is 0 Å².